The Labute approximate surface area is 258 Å². The summed E-state index contributed by atoms with van der Waals surface area (Å²) in [5, 5.41) is 28.9. The topological polar surface area (TPSA) is 121 Å². The van der Waals surface area contributed by atoms with E-state index in [9.17, 15) is 10.4 Å². The van der Waals surface area contributed by atoms with Crippen molar-refractivity contribution >= 4 is 16.7 Å². The zero-order valence-corrected chi connectivity index (χ0v) is 25.7. The van der Waals surface area contributed by atoms with Crippen molar-refractivity contribution < 1.29 is 14.6 Å². The highest BCUT2D eigenvalue weighted by atomic mass is 16.5. The number of hydrogen-bond acceptors (Lipinski definition) is 10. The van der Waals surface area contributed by atoms with Crippen LogP contribution in [0.25, 0.3) is 22.0 Å². The highest BCUT2D eigenvalue weighted by Crippen LogP contribution is 2.42. The molecule has 0 radical (unpaired) electrons. The summed E-state index contributed by atoms with van der Waals surface area (Å²) in [5.41, 5.74) is 3.31. The Hall–Kier alpha value is -4.33. The maximum Gasteiger partial charge on any atom is 0.212 e. The fourth-order valence-corrected chi connectivity index (χ4v) is 6.34. The maximum atomic E-state index is 10.2. The highest BCUT2D eigenvalue weighted by molar-refractivity contribution is 5.99. The molecule has 0 bridgehead atoms. The number of pyridine rings is 2. The fourth-order valence-electron chi connectivity index (χ4n) is 6.34. The smallest absolute Gasteiger partial charge is 0.212 e. The standard InChI is InChI=1S/C34H39N7O3/c1-33(2,42)23-44-27-16-28(32-26(18-35)21-38-39-29(32)17-27)25-5-6-30(36-20-25)41-14-10-34(11-15-41)8-12-40(13-9-34)22-24-4-7-31(43-3)37-19-24/h4-7,16-17,19-21,42H,8-15,22-23H2,1-3H3. The van der Waals surface area contributed by atoms with Crippen LogP contribution in [0, 0.1) is 16.7 Å². The number of aromatic nitrogens is 4. The zero-order valence-electron chi connectivity index (χ0n) is 25.7. The van der Waals surface area contributed by atoms with E-state index in [4.69, 9.17) is 14.5 Å². The molecule has 228 valence electrons. The lowest BCUT2D eigenvalue weighted by molar-refractivity contribution is 0.0285. The minimum Gasteiger partial charge on any atom is -0.491 e. The normalized spacial score (nSPS) is 17.0. The number of nitriles is 1. The van der Waals surface area contributed by atoms with Crippen molar-refractivity contribution in [1.82, 2.24) is 25.1 Å². The number of benzene rings is 1. The van der Waals surface area contributed by atoms with E-state index < -0.39 is 5.60 Å². The van der Waals surface area contributed by atoms with Gasteiger partial charge in [0.05, 0.1) is 30.0 Å². The second-order valence-corrected chi connectivity index (χ2v) is 12.7. The molecule has 2 aliphatic heterocycles. The first-order valence-electron chi connectivity index (χ1n) is 15.2. The van der Waals surface area contributed by atoms with E-state index in [1.807, 2.05) is 24.5 Å². The molecule has 0 atom stereocenters. The van der Waals surface area contributed by atoms with Crippen molar-refractivity contribution in [3.63, 3.8) is 0 Å². The molecule has 1 N–H and O–H groups in total. The number of hydrogen-bond donors (Lipinski definition) is 1. The molecule has 6 rings (SSSR count). The number of ether oxygens (including phenoxy) is 2. The molecular formula is C34H39N7O3. The molecule has 10 nitrogen and oxygen atoms in total. The lowest BCUT2D eigenvalue weighted by Gasteiger charge is -2.47. The summed E-state index contributed by atoms with van der Waals surface area (Å²) < 4.78 is 11.1. The van der Waals surface area contributed by atoms with Crippen molar-refractivity contribution in [1.29, 1.82) is 5.26 Å². The number of likely N-dealkylation sites (tertiary alicyclic amines) is 1. The van der Waals surface area contributed by atoms with Gasteiger partial charge in [0.15, 0.2) is 0 Å². The van der Waals surface area contributed by atoms with E-state index in [0.717, 1.165) is 49.7 Å². The van der Waals surface area contributed by atoms with Crippen LogP contribution in [0.4, 0.5) is 5.82 Å². The monoisotopic (exact) mass is 593 g/mol. The van der Waals surface area contributed by atoms with E-state index in [1.54, 1.807) is 27.0 Å². The van der Waals surface area contributed by atoms with Crippen LogP contribution in [0.3, 0.4) is 0 Å². The highest BCUT2D eigenvalue weighted by Gasteiger charge is 2.37. The molecule has 1 aromatic carbocycles. The van der Waals surface area contributed by atoms with Crippen molar-refractivity contribution in [3.05, 3.63) is 66.1 Å². The Bertz CT molecular complexity index is 1630. The van der Waals surface area contributed by atoms with Crippen LogP contribution in [-0.2, 0) is 6.54 Å². The molecule has 0 saturated carbocycles. The van der Waals surface area contributed by atoms with Crippen LogP contribution in [-0.4, -0.2) is 75.7 Å². The summed E-state index contributed by atoms with van der Waals surface area (Å²) in [5.74, 6) is 2.17. The van der Waals surface area contributed by atoms with Crippen LogP contribution in [0.5, 0.6) is 11.6 Å². The maximum absolute atomic E-state index is 10.2. The van der Waals surface area contributed by atoms with Gasteiger partial charge in [0.25, 0.3) is 0 Å². The lowest BCUT2D eigenvalue weighted by Crippen LogP contribution is -2.46. The molecule has 1 spiro atoms. The van der Waals surface area contributed by atoms with Crippen molar-refractivity contribution in [2.45, 2.75) is 51.7 Å². The van der Waals surface area contributed by atoms with Crippen molar-refractivity contribution in [2.75, 3.05) is 44.8 Å². The first-order valence-corrected chi connectivity index (χ1v) is 15.2. The number of nitrogens with zero attached hydrogens (tertiary/aromatic N) is 7. The van der Waals surface area contributed by atoms with E-state index in [1.165, 1.54) is 37.4 Å². The molecule has 2 fully saturated rings. The minimum absolute atomic E-state index is 0.120. The summed E-state index contributed by atoms with van der Waals surface area (Å²) in [6.45, 7) is 8.65. The van der Waals surface area contributed by atoms with Crippen molar-refractivity contribution in [3.8, 4) is 28.8 Å². The van der Waals surface area contributed by atoms with Crippen LogP contribution in [0.1, 0.15) is 50.7 Å². The van der Waals surface area contributed by atoms with Crippen LogP contribution in [0.2, 0.25) is 0 Å². The average molecular weight is 594 g/mol. The quantitative estimate of drug-likeness (QED) is 0.299. The van der Waals surface area contributed by atoms with Gasteiger partial charge < -0.3 is 19.5 Å². The number of methoxy groups -OCH3 is 1. The third-order valence-electron chi connectivity index (χ3n) is 8.96. The molecule has 0 aliphatic carbocycles. The van der Waals surface area contributed by atoms with Gasteiger partial charge in [0.2, 0.25) is 5.88 Å². The molecule has 0 amide bonds. The van der Waals surface area contributed by atoms with Crippen LogP contribution >= 0.6 is 0 Å². The third-order valence-corrected chi connectivity index (χ3v) is 8.96. The molecule has 2 aliphatic rings. The molecule has 10 heteroatoms. The first kappa shape index (κ1) is 29.7. The summed E-state index contributed by atoms with van der Waals surface area (Å²) in [7, 11) is 1.64. The first-order chi connectivity index (χ1) is 21.2. The van der Waals surface area contributed by atoms with Gasteiger partial charge in [-0.15, -0.1) is 0 Å². The molecular weight excluding hydrogens is 554 g/mol. The molecule has 3 aromatic heterocycles. The molecule has 2 saturated heterocycles. The van der Waals surface area contributed by atoms with Gasteiger partial charge in [-0.2, -0.15) is 15.5 Å². The second-order valence-electron chi connectivity index (χ2n) is 12.7. The van der Waals surface area contributed by atoms with Gasteiger partial charge in [-0.25, -0.2) is 9.97 Å². The average Bonchev–Trinajstić information content (AvgIpc) is 3.05. The Morgan fingerprint density at radius 2 is 1.75 bits per heavy atom. The van der Waals surface area contributed by atoms with Gasteiger partial charge in [-0.05, 0) is 87.4 Å². The summed E-state index contributed by atoms with van der Waals surface area (Å²) >= 11 is 0. The Morgan fingerprint density at radius 3 is 2.39 bits per heavy atom. The summed E-state index contributed by atoms with van der Waals surface area (Å²) in [6.07, 6.45) is 10.0. The summed E-state index contributed by atoms with van der Waals surface area (Å²) in [4.78, 5) is 14.1. The minimum atomic E-state index is -0.989. The Morgan fingerprint density at radius 1 is 0.977 bits per heavy atom. The molecule has 5 heterocycles. The van der Waals surface area contributed by atoms with Crippen molar-refractivity contribution in [2.24, 2.45) is 5.41 Å². The number of fused-ring (bicyclic) bond motifs is 1. The number of anilines is 1. The second kappa shape index (κ2) is 12.3. The molecule has 4 aromatic rings. The molecule has 44 heavy (non-hydrogen) atoms. The number of aliphatic hydroxyl groups is 1. The van der Waals surface area contributed by atoms with Gasteiger partial charge >= 0.3 is 0 Å². The zero-order chi connectivity index (χ0) is 30.7. The Balaban J connectivity index is 1.12. The predicted molar refractivity (Wildman–Crippen MR) is 168 cm³/mol. The predicted octanol–water partition coefficient (Wildman–Crippen LogP) is 5.00. The van der Waals surface area contributed by atoms with Gasteiger partial charge in [-0.3, -0.25) is 4.90 Å². The van der Waals surface area contributed by atoms with E-state index in [2.05, 4.69) is 49.2 Å². The lowest BCUT2D eigenvalue weighted by atomic mass is 9.71. The SMILES string of the molecule is COc1ccc(CN2CCC3(CC2)CCN(c2ccc(-c4cc(OCC(C)(C)O)cc5nncc(C#N)c45)cn2)CC3)cn1. The third kappa shape index (κ3) is 6.59. The van der Waals surface area contributed by atoms with E-state index in [-0.39, 0.29) is 6.61 Å². The van der Waals surface area contributed by atoms with Crippen LogP contribution < -0.4 is 14.4 Å². The largest absolute Gasteiger partial charge is 0.491 e. The fraction of sp³-hybridized carbons (Fsp3) is 0.441. The van der Waals surface area contributed by atoms with E-state index in [0.29, 0.717) is 33.5 Å². The van der Waals surface area contributed by atoms with Gasteiger partial charge in [-0.1, -0.05) is 6.07 Å². The number of piperidine rings is 2. The van der Waals surface area contributed by atoms with Gasteiger partial charge in [0.1, 0.15) is 24.2 Å². The Kier molecular flexibility index (Phi) is 8.34. The van der Waals surface area contributed by atoms with Gasteiger partial charge in [0, 0.05) is 55.1 Å². The summed E-state index contributed by atoms with van der Waals surface area (Å²) in [6, 6.07) is 14.0. The number of rotatable bonds is 8. The van der Waals surface area contributed by atoms with Crippen LogP contribution in [0.15, 0.2) is 55.0 Å². The molecule has 0 unspecified atom stereocenters. The van der Waals surface area contributed by atoms with E-state index >= 15 is 0 Å².